The Bertz CT molecular complexity index is 1540. The summed E-state index contributed by atoms with van der Waals surface area (Å²) >= 11 is 0. The summed E-state index contributed by atoms with van der Waals surface area (Å²) in [6, 6.07) is 8.04. The minimum Gasteiger partial charge on any atom is -0.390 e. The second-order valence-electron chi connectivity index (χ2n) is 11.0. The highest BCUT2D eigenvalue weighted by atomic mass is 16.3. The van der Waals surface area contributed by atoms with Crippen molar-refractivity contribution in [1.82, 2.24) is 24.8 Å². The van der Waals surface area contributed by atoms with E-state index < -0.39 is 5.60 Å². The predicted octanol–water partition coefficient (Wildman–Crippen LogP) is 4.31. The van der Waals surface area contributed by atoms with Gasteiger partial charge in [0.1, 0.15) is 11.5 Å². The summed E-state index contributed by atoms with van der Waals surface area (Å²) < 4.78 is 2.06. The SMILES string of the molecule is Cc1cc2c(-c3ncc(Nc4ccc(N5CCCC(C(C)(C)O)C5)cn4)c4c3CNC4=O)ccnc2n1C. The number of hydrogen-bond acceptors (Lipinski definition) is 7. The highest BCUT2D eigenvalue weighted by molar-refractivity contribution is 6.06. The van der Waals surface area contributed by atoms with Crippen LogP contribution < -0.4 is 15.5 Å². The number of aryl methyl sites for hydroxylation is 2. The molecule has 4 aromatic rings. The number of piperidine rings is 1. The van der Waals surface area contributed by atoms with E-state index in [1.807, 2.05) is 45.3 Å². The van der Waals surface area contributed by atoms with Crippen LogP contribution in [0.2, 0.25) is 0 Å². The highest BCUT2D eigenvalue weighted by Crippen LogP contribution is 2.37. The van der Waals surface area contributed by atoms with Crippen molar-refractivity contribution < 1.29 is 9.90 Å². The number of aromatic nitrogens is 4. The molecule has 0 aliphatic carbocycles. The highest BCUT2D eigenvalue weighted by Gasteiger charge is 2.32. The standard InChI is InChI=1S/C29H33N7O2/c1-17-12-21-20(9-10-30-27(21)35(17)4)26-22-14-33-28(37)25(22)23(15-32-26)34-24-8-7-19(13-31-24)36-11-5-6-18(16-36)29(2,3)38/h7-10,12-13,15,18,38H,5-6,11,14,16H2,1-4H3,(H,31,34)(H,33,37). The molecule has 0 spiro atoms. The molecule has 6 rings (SSSR count). The van der Waals surface area contributed by atoms with E-state index in [0.717, 1.165) is 65.2 Å². The average molecular weight is 512 g/mol. The number of nitrogens with one attached hydrogen (secondary N) is 2. The van der Waals surface area contributed by atoms with Gasteiger partial charge in [-0.25, -0.2) is 9.97 Å². The third kappa shape index (κ3) is 4.16. The monoisotopic (exact) mass is 511 g/mol. The zero-order chi connectivity index (χ0) is 26.6. The molecule has 9 heteroatoms. The fourth-order valence-corrected chi connectivity index (χ4v) is 5.69. The molecule has 6 heterocycles. The molecule has 0 aromatic carbocycles. The zero-order valence-electron chi connectivity index (χ0n) is 22.2. The Balaban J connectivity index is 1.29. The number of carbonyl (C=O) groups is 1. The smallest absolute Gasteiger partial charge is 0.254 e. The van der Waals surface area contributed by atoms with Gasteiger partial charge in [-0.2, -0.15) is 0 Å². The van der Waals surface area contributed by atoms with Crippen molar-refractivity contribution in [1.29, 1.82) is 0 Å². The molecule has 0 saturated carbocycles. The number of anilines is 3. The molecule has 3 N–H and O–H groups in total. The molecule has 2 aliphatic heterocycles. The molecule has 1 saturated heterocycles. The van der Waals surface area contributed by atoms with Gasteiger partial charge in [-0.1, -0.05) is 0 Å². The van der Waals surface area contributed by atoms with E-state index in [1.54, 1.807) is 12.4 Å². The summed E-state index contributed by atoms with van der Waals surface area (Å²) in [5.74, 6) is 0.746. The summed E-state index contributed by atoms with van der Waals surface area (Å²) in [6.45, 7) is 8.00. The van der Waals surface area contributed by atoms with Gasteiger partial charge in [0.05, 0.1) is 40.6 Å². The lowest BCUT2D eigenvalue weighted by Gasteiger charge is -2.39. The molecule has 1 amide bonds. The molecule has 1 unspecified atom stereocenters. The van der Waals surface area contributed by atoms with Gasteiger partial charge in [-0.3, -0.25) is 9.78 Å². The Morgan fingerprint density at radius 1 is 1.16 bits per heavy atom. The van der Waals surface area contributed by atoms with Gasteiger partial charge in [0.2, 0.25) is 0 Å². The van der Waals surface area contributed by atoms with Gasteiger partial charge in [0, 0.05) is 61.0 Å². The van der Waals surface area contributed by atoms with Crippen LogP contribution in [0.1, 0.15) is 48.3 Å². The van der Waals surface area contributed by atoms with Crippen LogP contribution in [0.15, 0.2) is 42.9 Å². The molecule has 196 valence electrons. The lowest BCUT2D eigenvalue weighted by molar-refractivity contribution is 0.0110. The van der Waals surface area contributed by atoms with E-state index in [0.29, 0.717) is 23.6 Å². The van der Waals surface area contributed by atoms with Crippen molar-refractivity contribution in [2.75, 3.05) is 23.3 Å². The van der Waals surface area contributed by atoms with E-state index >= 15 is 0 Å². The Morgan fingerprint density at radius 2 is 2.00 bits per heavy atom. The van der Waals surface area contributed by atoms with Gasteiger partial charge in [0.15, 0.2) is 0 Å². The number of aliphatic hydroxyl groups is 1. The van der Waals surface area contributed by atoms with E-state index in [2.05, 4.69) is 43.1 Å². The molecule has 9 nitrogen and oxygen atoms in total. The number of carbonyl (C=O) groups excluding carboxylic acids is 1. The van der Waals surface area contributed by atoms with Crippen molar-refractivity contribution in [3.63, 3.8) is 0 Å². The number of nitrogens with zero attached hydrogens (tertiary/aromatic N) is 5. The Morgan fingerprint density at radius 3 is 2.76 bits per heavy atom. The lowest BCUT2D eigenvalue weighted by Crippen LogP contribution is -2.44. The summed E-state index contributed by atoms with van der Waals surface area (Å²) in [5, 5.41) is 17.8. The van der Waals surface area contributed by atoms with Gasteiger partial charge in [-0.05, 0) is 57.9 Å². The van der Waals surface area contributed by atoms with E-state index in [9.17, 15) is 9.90 Å². The second kappa shape index (κ2) is 9.09. The van der Waals surface area contributed by atoms with Crippen LogP contribution in [-0.4, -0.2) is 49.2 Å². The normalized spacial score (nSPS) is 17.6. The molecule has 1 atom stereocenters. The van der Waals surface area contributed by atoms with Crippen molar-refractivity contribution in [2.45, 2.75) is 45.8 Å². The Labute approximate surface area is 221 Å². The number of fused-ring (bicyclic) bond motifs is 2. The van der Waals surface area contributed by atoms with Crippen LogP contribution in [0.5, 0.6) is 0 Å². The van der Waals surface area contributed by atoms with Crippen molar-refractivity contribution in [3.8, 4) is 11.3 Å². The van der Waals surface area contributed by atoms with Gasteiger partial charge in [-0.15, -0.1) is 0 Å². The molecular formula is C29H33N7O2. The van der Waals surface area contributed by atoms with Crippen LogP contribution >= 0.6 is 0 Å². The lowest BCUT2D eigenvalue weighted by atomic mass is 9.84. The first-order chi connectivity index (χ1) is 18.2. The number of pyridine rings is 3. The van der Waals surface area contributed by atoms with Crippen LogP contribution in [0.4, 0.5) is 17.2 Å². The van der Waals surface area contributed by atoms with Crippen molar-refractivity contribution in [3.05, 3.63) is 59.7 Å². The number of hydrogen-bond donors (Lipinski definition) is 3. The maximum absolute atomic E-state index is 12.9. The van der Waals surface area contributed by atoms with E-state index in [1.165, 1.54) is 0 Å². The molecule has 2 aliphatic rings. The third-order valence-electron chi connectivity index (χ3n) is 8.05. The molecule has 1 fully saturated rings. The first-order valence-corrected chi connectivity index (χ1v) is 13.1. The van der Waals surface area contributed by atoms with Crippen LogP contribution in [-0.2, 0) is 13.6 Å². The molecule has 0 radical (unpaired) electrons. The Hall–Kier alpha value is -3.98. The predicted molar refractivity (Wildman–Crippen MR) is 149 cm³/mol. The van der Waals surface area contributed by atoms with Crippen LogP contribution in [0, 0.1) is 12.8 Å². The summed E-state index contributed by atoms with van der Waals surface area (Å²) in [6.07, 6.45) is 7.43. The third-order valence-corrected chi connectivity index (χ3v) is 8.05. The van der Waals surface area contributed by atoms with Gasteiger partial charge in [0.25, 0.3) is 5.91 Å². The molecule has 4 aromatic heterocycles. The summed E-state index contributed by atoms with van der Waals surface area (Å²) in [7, 11) is 2.00. The van der Waals surface area contributed by atoms with Crippen LogP contribution in [0.3, 0.4) is 0 Å². The maximum atomic E-state index is 12.9. The zero-order valence-corrected chi connectivity index (χ0v) is 22.2. The topological polar surface area (TPSA) is 108 Å². The second-order valence-corrected chi connectivity index (χ2v) is 11.0. The molecule has 38 heavy (non-hydrogen) atoms. The van der Waals surface area contributed by atoms with Gasteiger partial charge < -0.3 is 25.2 Å². The minimum absolute atomic E-state index is 0.122. The average Bonchev–Trinajstić information content (AvgIpc) is 3.44. The largest absolute Gasteiger partial charge is 0.390 e. The Kier molecular flexibility index (Phi) is 5.83. The van der Waals surface area contributed by atoms with E-state index in [-0.39, 0.29) is 11.8 Å². The van der Waals surface area contributed by atoms with Crippen molar-refractivity contribution in [2.24, 2.45) is 13.0 Å². The number of amides is 1. The maximum Gasteiger partial charge on any atom is 0.254 e. The van der Waals surface area contributed by atoms with E-state index in [4.69, 9.17) is 4.98 Å². The quantitative estimate of drug-likeness (QED) is 0.366. The van der Waals surface area contributed by atoms with Crippen molar-refractivity contribution >= 4 is 34.1 Å². The van der Waals surface area contributed by atoms with Gasteiger partial charge >= 0.3 is 0 Å². The van der Waals surface area contributed by atoms with Crippen LogP contribution in [0.25, 0.3) is 22.3 Å². The summed E-state index contributed by atoms with van der Waals surface area (Å²) in [5.41, 5.74) is 6.19. The minimum atomic E-state index is -0.699. The fraction of sp³-hybridized carbons (Fsp3) is 0.379. The number of rotatable bonds is 5. The first kappa shape index (κ1) is 24.4. The molecular weight excluding hydrogens is 478 g/mol. The first-order valence-electron chi connectivity index (χ1n) is 13.1. The molecule has 0 bridgehead atoms. The fourth-order valence-electron chi connectivity index (χ4n) is 5.69. The summed E-state index contributed by atoms with van der Waals surface area (Å²) in [4.78, 5) is 29.2.